The van der Waals surface area contributed by atoms with E-state index in [0.29, 0.717) is 35.9 Å². The smallest absolute Gasteiger partial charge is 0.316 e. The van der Waals surface area contributed by atoms with Gasteiger partial charge in [0.05, 0.1) is 25.5 Å². The van der Waals surface area contributed by atoms with Gasteiger partial charge in [0.25, 0.3) is 5.91 Å². The average molecular weight is 465 g/mol. The van der Waals surface area contributed by atoms with Gasteiger partial charge in [-0.15, -0.1) is 0 Å². The number of carbonyl (C=O) groups is 1. The molecule has 0 radical (unpaired) electrons. The third kappa shape index (κ3) is 6.23. The van der Waals surface area contributed by atoms with Crippen LogP contribution in [0.3, 0.4) is 0 Å². The Balaban J connectivity index is 1.92. The number of amides is 1. The van der Waals surface area contributed by atoms with Crippen LogP contribution in [-0.4, -0.2) is 74.2 Å². The number of aromatic nitrogens is 2. The van der Waals surface area contributed by atoms with E-state index in [9.17, 15) is 4.79 Å². The van der Waals surface area contributed by atoms with Crippen molar-refractivity contribution in [1.29, 1.82) is 0 Å². The highest BCUT2D eigenvalue weighted by Gasteiger charge is 2.21. The van der Waals surface area contributed by atoms with Crippen LogP contribution in [0.25, 0.3) is 11.3 Å². The molecule has 0 saturated heterocycles. The molecule has 1 heterocycles. The molecule has 1 aromatic heterocycles. The molecular weight excluding hydrogens is 432 g/mol. The Bertz CT molecular complexity index is 1110. The molecule has 3 aromatic rings. The summed E-state index contributed by atoms with van der Waals surface area (Å²) in [5, 5.41) is 0. The van der Waals surface area contributed by atoms with Gasteiger partial charge in [0.15, 0.2) is 0 Å². The second kappa shape index (κ2) is 11.5. The fraction of sp³-hybridized carbons (Fsp3) is 0.346. The zero-order chi connectivity index (χ0) is 24.7. The third-order valence-corrected chi connectivity index (χ3v) is 5.34. The van der Waals surface area contributed by atoms with Crippen LogP contribution < -0.4 is 14.2 Å². The van der Waals surface area contributed by atoms with Crippen molar-refractivity contribution in [3.8, 4) is 28.8 Å². The topological polar surface area (TPSA) is 77.0 Å². The van der Waals surface area contributed by atoms with Crippen molar-refractivity contribution in [2.75, 3.05) is 48.5 Å². The van der Waals surface area contributed by atoms with Gasteiger partial charge in [-0.1, -0.05) is 24.3 Å². The maximum atomic E-state index is 13.5. The van der Waals surface area contributed by atoms with Gasteiger partial charge in [-0.2, -0.15) is 4.98 Å². The van der Waals surface area contributed by atoms with Crippen molar-refractivity contribution < 1.29 is 19.0 Å². The van der Waals surface area contributed by atoms with Gasteiger partial charge >= 0.3 is 6.01 Å². The first-order valence-corrected chi connectivity index (χ1v) is 11.0. The molecule has 0 fully saturated rings. The number of hydrogen-bond donors (Lipinski definition) is 0. The normalized spacial score (nSPS) is 10.8. The molecule has 0 saturated carbocycles. The van der Waals surface area contributed by atoms with E-state index in [1.165, 1.54) is 0 Å². The largest absolute Gasteiger partial charge is 0.497 e. The Labute approximate surface area is 201 Å². The standard InChI is InChI=1S/C26H32N4O4/c1-18-9-7-8-10-22(18)24-23(16-27-26(28-24)34-12-11-29(2)3)25(31)30(4)17-19-13-20(32-5)15-21(14-19)33-6/h7-10,13-16H,11-12,17H2,1-6H3. The summed E-state index contributed by atoms with van der Waals surface area (Å²) in [6.07, 6.45) is 1.55. The highest BCUT2D eigenvalue weighted by Crippen LogP contribution is 2.28. The first-order chi connectivity index (χ1) is 16.3. The summed E-state index contributed by atoms with van der Waals surface area (Å²) < 4.78 is 16.5. The molecular formula is C26H32N4O4. The van der Waals surface area contributed by atoms with Gasteiger partial charge in [-0.25, -0.2) is 4.98 Å². The molecule has 0 atom stereocenters. The van der Waals surface area contributed by atoms with Gasteiger partial charge < -0.3 is 24.0 Å². The van der Waals surface area contributed by atoms with Crippen molar-refractivity contribution >= 4 is 5.91 Å². The van der Waals surface area contributed by atoms with Crippen LogP contribution in [-0.2, 0) is 6.54 Å². The first kappa shape index (κ1) is 25.0. The maximum Gasteiger partial charge on any atom is 0.316 e. The molecule has 1 amide bonds. The summed E-state index contributed by atoms with van der Waals surface area (Å²) in [4.78, 5) is 26.1. The number of carbonyl (C=O) groups excluding carboxylic acids is 1. The monoisotopic (exact) mass is 464 g/mol. The number of hydrogen-bond acceptors (Lipinski definition) is 7. The van der Waals surface area contributed by atoms with Gasteiger partial charge in [-0.05, 0) is 44.3 Å². The van der Waals surface area contributed by atoms with E-state index >= 15 is 0 Å². The van der Waals surface area contributed by atoms with Gasteiger partial charge in [0.2, 0.25) is 0 Å². The van der Waals surface area contributed by atoms with E-state index in [1.807, 2.05) is 62.3 Å². The van der Waals surface area contributed by atoms with E-state index in [-0.39, 0.29) is 11.9 Å². The summed E-state index contributed by atoms with van der Waals surface area (Å²) in [5.41, 5.74) is 3.71. The molecule has 0 bridgehead atoms. The van der Waals surface area contributed by atoms with Crippen molar-refractivity contribution in [3.63, 3.8) is 0 Å². The number of nitrogens with zero attached hydrogens (tertiary/aromatic N) is 4. The minimum Gasteiger partial charge on any atom is -0.497 e. The lowest BCUT2D eigenvalue weighted by Gasteiger charge is -2.20. The minimum absolute atomic E-state index is 0.195. The van der Waals surface area contributed by atoms with Crippen LogP contribution in [0, 0.1) is 6.92 Å². The fourth-order valence-electron chi connectivity index (χ4n) is 3.46. The van der Waals surface area contributed by atoms with Crippen LogP contribution in [0.2, 0.25) is 0 Å². The summed E-state index contributed by atoms with van der Waals surface area (Å²) in [6.45, 7) is 3.53. The van der Waals surface area contributed by atoms with E-state index in [0.717, 1.165) is 23.2 Å². The molecule has 8 heteroatoms. The van der Waals surface area contributed by atoms with Crippen molar-refractivity contribution in [3.05, 3.63) is 65.4 Å². The van der Waals surface area contributed by atoms with Crippen LogP contribution in [0.1, 0.15) is 21.5 Å². The molecule has 0 aliphatic rings. The lowest BCUT2D eigenvalue weighted by molar-refractivity contribution is 0.0784. The first-order valence-electron chi connectivity index (χ1n) is 11.0. The third-order valence-electron chi connectivity index (χ3n) is 5.34. The molecule has 0 N–H and O–H groups in total. The second-order valence-corrected chi connectivity index (χ2v) is 8.26. The van der Waals surface area contributed by atoms with E-state index in [1.54, 1.807) is 38.4 Å². The molecule has 2 aromatic carbocycles. The number of rotatable bonds is 10. The second-order valence-electron chi connectivity index (χ2n) is 8.26. The van der Waals surface area contributed by atoms with Gasteiger partial charge in [0, 0.05) is 38.0 Å². The Morgan fingerprint density at radius 1 is 1.00 bits per heavy atom. The lowest BCUT2D eigenvalue weighted by atomic mass is 10.0. The zero-order valence-electron chi connectivity index (χ0n) is 20.7. The highest BCUT2D eigenvalue weighted by molar-refractivity contribution is 5.99. The van der Waals surface area contributed by atoms with Crippen LogP contribution >= 0.6 is 0 Å². The Hall–Kier alpha value is -3.65. The zero-order valence-corrected chi connectivity index (χ0v) is 20.7. The van der Waals surface area contributed by atoms with Gasteiger partial charge in [0.1, 0.15) is 18.1 Å². The highest BCUT2D eigenvalue weighted by atomic mass is 16.5. The van der Waals surface area contributed by atoms with Crippen molar-refractivity contribution in [2.24, 2.45) is 0 Å². The molecule has 8 nitrogen and oxygen atoms in total. The van der Waals surface area contributed by atoms with Crippen molar-refractivity contribution in [2.45, 2.75) is 13.5 Å². The summed E-state index contributed by atoms with van der Waals surface area (Å²) in [6, 6.07) is 13.6. The molecule has 180 valence electrons. The van der Waals surface area contributed by atoms with Crippen molar-refractivity contribution in [1.82, 2.24) is 19.8 Å². The Morgan fingerprint density at radius 3 is 2.29 bits per heavy atom. The molecule has 34 heavy (non-hydrogen) atoms. The number of methoxy groups -OCH3 is 2. The lowest BCUT2D eigenvalue weighted by Crippen LogP contribution is -2.27. The minimum atomic E-state index is -0.195. The quantitative estimate of drug-likeness (QED) is 0.453. The average Bonchev–Trinajstić information content (AvgIpc) is 2.83. The summed E-state index contributed by atoms with van der Waals surface area (Å²) in [7, 11) is 8.89. The van der Waals surface area contributed by atoms with E-state index in [4.69, 9.17) is 14.2 Å². The van der Waals surface area contributed by atoms with E-state index < -0.39 is 0 Å². The molecule has 0 spiro atoms. The SMILES string of the molecule is COc1cc(CN(C)C(=O)c2cnc(OCCN(C)C)nc2-c2ccccc2C)cc(OC)c1. The molecule has 0 aliphatic heterocycles. The summed E-state index contributed by atoms with van der Waals surface area (Å²) in [5.74, 6) is 1.14. The predicted octanol–water partition coefficient (Wildman–Crippen LogP) is 3.68. The number of likely N-dealkylation sites (N-methyl/N-ethyl adjacent to an activating group) is 1. The summed E-state index contributed by atoms with van der Waals surface area (Å²) >= 11 is 0. The Morgan fingerprint density at radius 2 is 1.68 bits per heavy atom. The van der Waals surface area contributed by atoms with Crippen LogP contribution in [0.15, 0.2) is 48.7 Å². The molecule has 0 aliphatic carbocycles. The molecule has 0 unspecified atom stereocenters. The fourth-order valence-corrected chi connectivity index (χ4v) is 3.46. The van der Waals surface area contributed by atoms with E-state index in [2.05, 4.69) is 9.97 Å². The van der Waals surface area contributed by atoms with Crippen LogP contribution in [0.5, 0.6) is 17.5 Å². The number of aryl methyl sites for hydroxylation is 1. The predicted molar refractivity (Wildman–Crippen MR) is 132 cm³/mol. The number of benzene rings is 2. The Kier molecular flexibility index (Phi) is 8.43. The molecule has 3 rings (SSSR count). The van der Waals surface area contributed by atoms with Gasteiger partial charge in [-0.3, -0.25) is 4.79 Å². The number of ether oxygens (including phenoxy) is 3. The van der Waals surface area contributed by atoms with Crippen LogP contribution in [0.4, 0.5) is 0 Å². The maximum absolute atomic E-state index is 13.5.